The van der Waals surface area contributed by atoms with Gasteiger partial charge in [0, 0.05) is 12.1 Å². The zero-order valence-electron chi connectivity index (χ0n) is 17.2. The number of carbonyl (C=O) groups is 1. The van der Waals surface area contributed by atoms with Crippen LogP contribution in [0.4, 0.5) is 4.39 Å². The number of phenols is 1. The van der Waals surface area contributed by atoms with E-state index in [0.717, 1.165) is 42.6 Å². The number of phenolic OH excluding ortho intramolecular Hbond substituents is 1. The molecule has 0 radical (unpaired) electrons. The molecule has 4 rings (SSSR count). The molecule has 0 aromatic heterocycles. The van der Waals surface area contributed by atoms with Gasteiger partial charge in [-0.2, -0.15) is 0 Å². The highest BCUT2D eigenvalue weighted by Gasteiger charge is 2.16. The minimum Gasteiger partial charge on any atom is -0.508 e. The summed E-state index contributed by atoms with van der Waals surface area (Å²) in [6.07, 6.45) is 1.84. The number of hydrogen-bond donors (Lipinski definition) is 3. The maximum Gasteiger partial charge on any atom is 0.251 e. The number of aromatic hydroxyl groups is 1. The van der Waals surface area contributed by atoms with E-state index in [1.807, 2.05) is 30.3 Å². The second kappa shape index (κ2) is 9.58. The van der Waals surface area contributed by atoms with E-state index in [-0.39, 0.29) is 24.0 Å². The number of carbonyl (C=O) groups excluding carboxylic acids is 1. The summed E-state index contributed by atoms with van der Waals surface area (Å²) in [5, 5.41) is 16.3. The lowest BCUT2D eigenvalue weighted by atomic mass is 9.88. The van der Waals surface area contributed by atoms with Crippen molar-refractivity contribution in [2.45, 2.75) is 19.4 Å². The third kappa shape index (κ3) is 5.19. The van der Waals surface area contributed by atoms with Crippen LogP contribution in [0.1, 0.15) is 39.9 Å². The van der Waals surface area contributed by atoms with Crippen molar-refractivity contribution in [2.75, 3.05) is 13.1 Å². The van der Waals surface area contributed by atoms with E-state index in [2.05, 4.69) is 10.6 Å². The zero-order valence-corrected chi connectivity index (χ0v) is 17.2. The smallest absolute Gasteiger partial charge is 0.251 e. The van der Waals surface area contributed by atoms with Crippen molar-refractivity contribution in [1.82, 2.24) is 10.6 Å². The minimum absolute atomic E-state index is 0.211. The zero-order chi connectivity index (χ0) is 21.6. The summed E-state index contributed by atoms with van der Waals surface area (Å²) in [5.41, 5.74) is 5.51. The van der Waals surface area contributed by atoms with Crippen LogP contribution in [0.3, 0.4) is 0 Å². The first-order valence-corrected chi connectivity index (χ1v) is 10.5. The van der Waals surface area contributed by atoms with Crippen LogP contribution < -0.4 is 10.6 Å². The maximum absolute atomic E-state index is 13.4. The second-order valence-corrected chi connectivity index (χ2v) is 7.67. The molecule has 3 N–H and O–H groups in total. The van der Waals surface area contributed by atoms with Crippen LogP contribution in [0.5, 0.6) is 5.75 Å². The molecule has 4 nitrogen and oxygen atoms in total. The van der Waals surface area contributed by atoms with Crippen molar-refractivity contribution in [3.05, 3.63) is 106 Å². The Bertz CT molecular complexity index is 1120. The third-order valence-corrected chi connectivity index (χ3v) is 5.45. The van der Waals surface area contributed by atoms with Gasteiger partial charge in [0.1, 0.15) is 11.6 Å². The Morgan fingerprint density at radius 3 is 2.32 bits per heavy atom. The van der Waals surface area contributed by atoms with Crippen molar-refractivity contribution in [3.8, 4) is 5.75 Å². The Hall–Kier alpha value is -3.44. The number of rotatable bonds is 5. The fourth-order valence-corrected chi connectivity index (χ4v) is 3.96. The van der Waals surface area contributed by atoms with E-state index in [4.69, 9.17) is 0 Å². The molecule has 1 heterocycles. The highest BCUT2D eigenvalue weighted by atomic mass is 19.1. The fourth-order valence-electron chi connectivity index (χ4n) is 3.96. The minimum atomic E-state index is -0.321. The summed E-state index contributed by atoms with van der Waals surface area (Å²) in [6, 6.07) is 21.0. The molecule has 31 heavy (non-hydrogen) atoms. The number of piperidine rings is 1. The fraction of sp³-hybridized carbons (Fsp3) is 0.192. The molecule has 0 spiro atoms. The van der Waals surface area contributed by atoms with E-state index in [1.54, 1.807) is 30.3 Å². The first kappa shape index (κ1) is 20.8. The van der Waals surface area contributed by atoms with Gasteiger partial charge in [0.2, 0.25) is 0 Å². The van der Waals surface area contributed by atoms with Gasteiger partial charge < -0.3 is 15.7 Å². The molecular weight excluding hydrogens is 391 g/mol. The molecule has 158 valence electrons. The van der Waals surface area contributed by atoms with Gasteiger partial charge in [-0.1, -0.05) is 42.0 Å². The van der Waals surface area contributed by atoms with Gasteiger partial charge in [0.15, 0.2) is 0 Å². The van der Waals surface area contributed by atoms with Gasteiger partial charge in [-0.3, -0.25) is 4.79 Å². The van der Waals surface area contributed by atoms with E-state index in [1.165, 1.54) is 17.7 Å². The Kier molecular flexibility index (Phi) is 6.43. The molecule has 0 aliphatic carbocycles. The molecule has 0 atom stereocenters. The van der Waals surface area contributed by atoms with Gasteiger partial charge in [0.05, 0.1) is 0 Å². The maximum atomic E-state index is 13.4. The van der Waals surface area contributed by atoms with Crippen LogP contribution in [0.15, 0.2) is 78.4 Å². The molecule has 3 aromatic rings. The summed E-state index contributed by atoms with van der Waals surface area (Å²) in [6.45, 7) is 2.07. The van der Waals surface area contributed by atoms with Crippen molar-refractivity contribution in [2.24, 2.45) is 0 Å². The topological polar surface area (TPSA) is 61.4 Å². The van der Waals surface area contributed by atoms with E-state index in [0.29, 0.717) is 11.1 Å². The SMILES string of the molecule is O=C(NCc1cccc(F)c1)c1cccc(C(=C2CCNCC2)c2cccc(O)c2)c1. The van der Waals surface area contributed by atoms with Crippen molar-refractivity contribution >= 4 is 11.5 Å². The highest BCUT2D eigenvalue weighted by molar-refractivity contribution is 5.96. The molecule has 1 fully saturated rings. The molecule has 0 bridgehead atoms. The number of amides is 1. The van der Waals surface area contributed by atoms with Gasteiger partial charge in [-0.25, -0.2) is 4.39 Å². The molecule has 1 aliphatic rings. The van der Waals surface area contributed by atoms with Gasteiger partial charge in [-0.05, 0) is 84.6 Å². The molecule has 5 heteroatoms. The van der Waals surface area contributed by atoms with Crippen LogP contribution in [0.2, 0.25) is 0 Å². The number of halogens is 1. The molecule has 1 amide bonds. The average molecular weight is 416 g/mol. The summed E-state index contributed by atoms with van der Waals surface area (Å²) in [7, 11) is 0. The highest BCUT2D eigenvalue weighted by Crippen LogP contribution is 2.33. The summed E-state index contributed by atoms with van der Waals surface area (Å²) in [5.74, 6) is -0.316. The van der Waals surface area contributed by atoms with Crippen LogP contribution in [-0.4, -0.2) is 24.1 Å². The van der Waals surface area contributed by atoms with Gasteiger partial charge >= 0.3 is 0 Å². The van der Waals surface area contributed by atoms with Gasteiger partial charge in [-0.15, -0.1) is 0 Å². The van der Waals surface area contributed by atoms with Crippen LogP contribution in [0.25, 0.3) is 5.57 Å². The lowest BCUT2D eigenvalue weighted by Gasteiger charge is -2.21. The molecule has 0 saturated carbocycles. The van der Waals surface area contributed by atoms with Crippen molar-refractivity contribution in [3.63, 3.8) is 0 Å². The number of hydrogen-bond acceptors (Lipinski definition) is 3. The quantitative estimate of drug-likeness (QED) is 0.568. The first-order chi connectivity index (χ1) is 15.1. The third-order valence-electron chi connectivity index (χ3n) is 5.45. The van der Waals surface area contributed by atoms with Gasteiger partial charge in [0.25, 0.3) is 5.91 Å². The largest absolute Gasteiger partial charge is 0.508 e. The van der Waals surface area contributed by atoms with Crippen LogP contribution in [-0.2, 0) is 6.54 Å². The number of nitrogens with one attached hydrogen (secondary N) is 2. The van der Waals surface area contributed by atoms with Crippen LogP contribution >= 0.6 is 0 Å². The van der Waals surface area contributed by atoms with E-state index in [9.17, 15) is 14.3 Å². The summed E-state index contributed by atoms with van der Waals surface area (Å²) in [4.78, 5) is 12.8. The Balaban J connectivity index is 1.63. The predicted octanol–water partition coefficient (Wildman–Crippen LogP) is 4.65. The monoisotopic (exact) mass is 416 g/mol. The average Bonchev–Trinajstić information content (AvgIpc) is 2.79. The summed E-state index contributed by atoms with van der Waals surface area (Å²) >= 11 is 0. The lowest BCUT2D eigenvalue weighted by molar-refractivity contribution is 0.0951. The van der Waals surface area contributed by atoms with Crippen molar-refractivity contribution in [1.29, 1.82) is 0 Å². The standard InChI is InChI=1S/C26H25FN2O2/c27-23-8-1-4-18(14-23)17-29-26(31)22-7-2-5-20(15-22)25(19-10-12-28-13-11-19)21-6-3-9-24(30)16-21/h1-9,14-16,28,30H,10-13,17H2,(H,29,31). The van der Waals surface area contributed by atoms with E-state index < -0.39 is 0 Å². The Morgan fingerprint density at radius 2 is 1.58 bits per heavy atom. The summed E-state index contributed by atoms with van der Waals surface area (Å²) < 4.78 is 13.4. The Labute approximate surface area is 181 Å². The molecule has 1 saturated heterocycles. The number of benzene rings is 3. The van der Waals surface area contributed by atoms with Crippen LogP contribution in [0, 0.1) is 5.82 Å². The molecular formula is C26H25FN2O2. The predicted molar refractivity (Wildman–Crippen MR) is 120 cm³/mol. The molecule has 1 aliphatic heterocycles. The molecule has 3 aromatic carbocycles. The Morgan fingerprint density at radius 1 is 0.903 bits per heavy atom. The van der Waals surface area contributed by atoms with E-state index >= 15 is 0 Å². The van der Waals surface area contributed by atoms with Crippen molar-refractivity contribution < 1.29 is 14.3 Å². The second-order valence-electron chi connectivity index (χ2n) is 7.67. The molecule has 0 unspecified atom stereocenters. The normalized spacial score (nSPS) is 13.6. The lowest BCUT2D eigenvalue weighted by Crippen LogP contribution is -2.24. The first-order valence-electron chi connectivity index (χ1n) is 10.5.